The van der Waals surface area contributed by atoms with E-state index in [2.05, 4.69) is 20.8 Å². The van der Waals surface area contributed by atoms with Gasteiger partial charge in [-0.25, -0.2) is 0 Å². The van der Waals surface area contributed by atoms with E-state index >= 15 is 0 Å². The molecule has 0 fully saturated rings. The van der Waals surface area contributed by atoms with E-state index < -0.39 is 16.7 Å². The molecule has 2 N–H and O–H groups in total. The number of anilines is 2. The van der Waals surface area contributed by atoms with Crippen molar-refractivity contribution < 1.29 is 14.1 Å². The fourth-order valence-electron chi connectivity index (χ4n) is 1.69. The smallest absolute Gasteiger partial charge is 0.395 e. The molecule has 2 aromatic rings. The first-order chi connectivity index (χ1) is 11.0. The van der Waals surface area contributed by atoms with Crippen LogP contribution >= 0.6 is 0 Å². The van der Waals surface area contributed by atoms with Gasteiger partial charge in [0.15, 0.2) is 11.6 Å². The molecule has 0 aliphatic rings. The van der Waals surface area contributed by atoms with Crippen molar-refractivity contribution in [1.29, 1.82) is 0 Å². The van der Waals surface area contributed by atoms with Gasteiger partial charge in [-0.05, 0) is 6.07 Å². The van der Waals surface area contributed by atoms with Crippen LogP contribution in [0.5, 0.6) is 0 Å². The van der Waals surface area contributed by atoms with Crippen molar-refractivity contribution in [3.05, 3.63) is 40.3 Å². The second-order valence-electron chi connectivity index (χ2n) is 4.77. The summed E-state index contributed by atoms with van der Waals surface area (Å²) in [5.41, 5.74) is 0.898. The molecule has 0 aromatic carbocycles. The lowest BCUT2D eigenvalue weighted by Crippen LogP contribution is -2.28. The Balaban J connectivity index is 1.79. The van der Waals surface area contributed by atoms with Crippen molar-refractivity contribution in [2.24, 2.45) is 0 Å². The van der Waals surface area contributed by atoms with Gasteiger partial charge in [0.25, 0.3) is 5.91 Å². The molecule has 0 aliphatic carbocycles. The molecular weight excluding hydrogens is 304 g/mol. The molecule has 2 aromatic heterocycles. The molecule has 0 bridgehead atoms. The highest BCUT2D eigenvalue weighted by molar-refractivity contribution is 5.91. The Morgan fingerprint density at radius 2 is 2.17 bits per heavy atom. The number of nitrogens with one attached hydrogen (secondary N) is 2. The van der Waals surface area contributed by atoms with Crippen molar-refractivity contribution in [2.45, 2.75) is 0 Å². The molecule has 0 unspecified atom stereocenters. The van der Waals surface area contributed by atoms with E-state index in [9.17, 15) is 14.9 Å². The predicted octanol–water partition coefficient (Wildman–Crippen LogP) is 0.886. The number of carbonyl (C=O) groups is 1. The van der Waals surface area contributed by atoms with Crippen LogP contribution in [0.25, 0.3) is 0 Å². The molecule has 2 heterocycles. The van der Waals surface area contributed by atoms with Crippen LogP contribution < -0.4 is 15.5 Å². The van der Waals surface area contributed by atoms with E-state index in [4.69, 9.17) is 4.42 Å². The molecule has 10 nitrogen and oxygen atoms in total. The van der Waals surface area contributed by atoms with Crippen LogP contribution in [-0.2, 0) is 0 Å². The minimum Gasteiger partial charge on any atom is -0.395 e. The zero-order chi connectivity index (χ0) is 16.8. The molecule has 0 aliphatic heterocycles. The first-order valence-corrected chi connectivity index (χ1v) is 6.73. The molecular formula is C13H16N6O4. The third-order valence-corrected chi connectivity index (χ3v) is 2.87. The van der Waals surface area contributed by atoms with Gasteiger partial charge in [-0.2, -0.15) is 5.10 Å². The molecule has 1 amide bonds. The number of carbonyl (C=O) groups excluding carboxylic acids is 1. The predicted molar refractivity (Wildman–Crippen MR) is 82.5 cm³/mol. The molecule has 10 heteroatoms. The van der Waals surface area contributed by atoms with Crippen LogP contribution in [0.2, 0.25) is 0 Å². The van der Waals surface area contributed by atoms with E-state index in [1.807, 2.05) is 25.1 Å². The number of hydrogen-bond acceptors (Lipinski definition) is 8. The van der Waals surface area contributed by atoms with E-state index in [1.165, 1.54) is 6.07 Å². The van der Waals surface area contributed by atoms with E-state index in [-0.39, 0.29) is 5.76 Å². The van der Waals surface area contributed by atoms with Crippen molar-refractivity contribution in [2.75, 3.05) is 37.4 Å². The molecule has 122 valence electrons. The molecule has 0 atom stereocenters. The van der Waals surface area contributed by atoms with Crippen molar-refractivity contribution in [3.63, 3.8) is 0 Å². The number of aromatic nitrogens is 2. The number of nitro groups is 1. The number of nitrogens with zero attached hydrogens (tertiary/aromatic N) is 4. The van der Waals surface area contributed by atoms with E-state index in [1.54, 1.807) is 6.20 Å². The van der Waals surface area contributed by atoms with Gasteiger partial charge < -0.3 is 20.0 Å². The standard InChI is InChI=1S/C13H16N6O4/c1-18(2)9-7-11(17-16-8-9)14-5-6-15-13(20)10-3-4-12(23-10)19(21)22/h3-4,7-8H,5-6H2,1-2H3,(H,14,17)(H,15,20). The monoisotopic (exact) mass is 320 g/mol. The van der Waals surface area contributed by atoms with E-state index in [0.717, 1.165) is 11.8 Å². The first-order valence-electron chi connectivity index (χ1n) is 6.73. The maximum atomic E-state index is 11.7. The molecule has 0 radical (unpaired) electrons. The fraction of sp³-hybridized carbons (Fsp3) is 0.308. The lowest BCUT2D eigenvalue weighted by atomic mass is 10.4. The minimum atomic E-state index is -0.700. The number of furan rings is 1. The summed E-state index contributed by atoms with van der Waals surface area (Å²) < 4.78 is 4.80. The Hall–Kier alpha value is -3.17. The lowest BCUT2D eigenvalue weighted by Gasteiger charge is -2.12. The topological polar surface area (TPSA) is 126 Å². The maximum absolute atomic E-state index is 11.7. The summed E-state index contributed by atoms with van der Waals surface area (Å²) in [4.78, 5) is 23.4. The van der Waals surface area contributed by atoms with Gasteiger partial charge in [0.2, 0.25) is 0 Å². The average Bonchev–Trinajstić information content (AvgIpc) is 3.02. The van der Waals surface area contributed by atoms with Gasteiger partial charge in [0, 0.05) is 33.3 Å². The number of amides is 1. The highest BCUT2D eigenvalue weighted by Crippen LogP contribution is 2.15. The summed E-state index contributed by atoms with van der Waals surface area (Å²) in [6.45, 7) is 0.710. The van der Waals surface area contributed by atoms with Crippen molar-refractivity contribution in [1.82, 2.24) is 15.5 Å². The fourth-order valence-corrected chi connectivity index (χ4v) is 1.69. The van der Waals surface area contributed by atoms with Crippen LogP contribution in [0.15, 0.2) is 28.8 Å². The Bertz CT molecular complexity index is 699. The van der Waals surface area contributed by atoms with Crippen molar-refractivity contribution >= 4 is 23.3 Å². The van der Waals surface area contributed by atoms with Gasteiger partial charge in [0.05, 0.1) is 18.0 Å². The van der Waals surface area contributed by atoms with Gasteiger partial charge in [-0.1, -0.05) is 0 Å². The van der Waals surface area contributed by atoms with Gasteiger partial charge in [-0.3, -0.25) is 14.9 Å². The summed E-state index contributed by atoms with van der Waals surface area (Å²) in [5, 5.41) is 23.9. The average molecular weight is 320 g/mol. The van der Waals surface area contributed by atoms with Crippen molar-refractivity contribution in [3.8, 4) is 0 Å². The molecule has 0 spiro atoms. The van der Waals surface area contributed by atoms with Gasteiger partial charge in [-0.15, -0.1) is 5.10 Å². The SMILES string of the molecule is CN(C)c1cnnc(NCCNC(=O)c2ccc([N+](=O)[O-])o2)c1. The van der Waals surface area contributed by atoms with Crippen LogP contribution in [0.3, 0.4) is 0 Å². The second-order valence-corrected chi connectivity index (χ2v) is 4.77. The zero-order valence-corrected chi connectivity index (χ0v) is 12.6. The lowest BCUT2D eigenvalue weighted by molar-refractivity contribution is -0.402. The zero-order valence-electron chi connectivity index (χ0n) is 12.6. The highest BCUT2D eigenvalue weighted by atomic mass is 16.6. The molecule has 2 rings (SSSR count). The molecule has 0 saturated carbocycles. The minimum absolute atomic E-state index is 0.105. The van der Waals surface area contributed by atoms with E-state index in [0.29, 0.717) is 18.9 Å². The maximum Gasteiger partial charge on any atom is 0.433 e. The quantitative estimate of drug-likeness (QED) is 0.437. The van der Waals surface area contributed by atoms with Crippen LogP contribution in [0, 0.1) is 10.1 Å². The van der Waals surface area contributed by atoms with Crippen LogP contribution in [0.4, 0.5) is 17.4 Å². The summed E-state index contributed by atoms with van der Waals surface area (Å²) >= 11 is 0. The summed E-state index contributed by atoms with van der Waals surface area (Å²) in [5.74, 6) is -0.512. The van der Waals surface area contributed by atoms with Crippen LogP contribution in [0.1, 0.15) is 10.6 Å². The normalized spacial score (nSPS) is 10.2. The highest BCUT2D eigenvalue weighted by Gasteiger charge is 2.16. The summed E-state index contributed by atoms with van der Waals surface area (Å²) in [6, 6.07) is 4.22. The Morgan fingerprint density at radius 1 is 1.39 bits per heavy atom. The number of rotatable bonds is 7. The molecule has 0 saturated heterocycles. The second kappa shape index (κ2) is 7.20. The Labute approximate surface area is 131 Å². The van der Waals surface area contributed by atoms with Crippen LogP contribution in [-0.4, -0.2) is 48.2 Å². The third kappa shape index (κ3) is 4.40. The number of hydrogen-bond donors (Lipinski definition) is 2. The first kappa shape index (κ1) is 16.2. The molecule has 23 heavy (non-hydrogen) atoms. The third-order valence-electron chi connectivity index (χ3n) is 2.87. The van der Waals surface area contributed by atoms with Gasteiger partial charge in [0.1, 0.15) is 4.92 Å². The van der Waals surface area contributed by atoms with Gasteiger partial charge >= 0.3 is 5.88 Å². The largest absolute Gasteiger partial charge is 0.433 e. The Kier molecular flexibility index (Phi) is 5.07. The summed E-state index contributed by atoms with van der Waals surface area (Å²) in [6.07, 6.45) is 1.64. The summed E-state index contributed by atoms with van der Waals surface area (Å²) in [7, 11) is 3.78. The Morgan fingerprint density at radius 3 is 2.83 bits per heavy atom.